The lowest BCUT2D eigenvalue weighted by molar-refractivity contribution is 0.0606. The Bertz CT molecular complexity index is 608. The molecule has 106 valence electrons. The monoisotopic (exact) mass is 327 g/mol. The molecule has 0 aliphatic rings. The third kappa shape index (κ3) is 3.53. The standard InChI is InChI=1S/C14H14ClNO2S2/c1-8(2)9-4-6-10(7-5-9)19-14-16-12(15)11(20-14)13(17)18-3/h4-8H,1-3H3. The Labute approximate surface area is 131 Å². The fourth-order valence-corrected chi connectivity index (χ4v) is 3.87. The van der Waals surface area contributed by atoms with E-state index in [2.05, 4.69) is 35.7 Å². The topological polar surface area (TPSA) is 39.2 Å². The number of ether oxygens (including phenoxy) is 1. The molecule has 0 atom stereocenters. The highest BCUT2D eigenvalue weighted by atomic mass is 35.5. The zero-order chi connectivity index (χ0) is 14.7. The summed E-state index contributed by atoms with van der Waals surface area (Å²) >= 11 is 8.67. The molecule has 0 amide bonds. The van der Waals surface area contributed by atoms with Crippen molar-refractivity contribution in [2.24, 2.45) is 0 Å². The Morgan fingerprint density at radius 1 is 1.35 bits per heavy atom. The largest absolute Gasteiger partial charge is 0.465 e. The van der Waals surface area contributed by atoms with E-state index >= 15 is 0 Å². The van der Waals surface area contributed by atoms with Crippen molar-refractivity contribution in [1.29, 1.82) is 0 Å². The maximum Gasteiger partial charge on any atom is 0.351 e. The van der Waals surface area contributed by atoms with Crippen LogP contribution < -0.4 is 0 Å². The van der Waals surface area contributed by atoms with E-state index in [9.17, 15) is 4.79 Å². The highest BCUT2D eigenvalue weighted by Crippen LogP contribution is 2.35. The predicted molar refractivity (Wildman–Crippen MR) is 83.1 cm³/mol. The summed E-state index contributed by atoms with van der Waals surface area (Å²) in [6.07, 6.45) is 0. The van der Waals surface area contributed by atoms with Crippen LogP contribution in [0, 0.1) is 0 Å². The second-order valence-corrected chi connectivity index (χ2v) is 7.09. The molecule has 0 saturated carbocycles. The third-order valence-electron chi connectivity index (χ3n) is 2.69. The zero-order valence-electron chi connectivity index (χ0n) is 11.3. The Balaban J connectivity index is 2.16. The first-order valence-corrected chi connectivity index (χ1v) is 8.04. The molecule has 6 heteroatoms. The van der Waals surface area contributed by atoms with Crippen molar-refractivity contribution >= 4 is 40.7 Å². The van der Waals surface area contributed by atoms with Crippen molar-refractivity contribution in [3.05, 3.63) is 39.9 Å². The summed E-state index contributed by atoms with van der Waals surface area (Å²) in [4.78, 5) is 17.1. The van der Waals surface area contributed by atoms with E-state index in [0.717, 1.165) is 9.24 Å². The number of rotatable bonds is 4. The lowest BCUT2D eigenvalue weighted by atomic mass is 10.0. The van der Waals surface area contributed by atoms with E-state index < -0.39 is 5.97 Å². The van der Waals surface area contributed by atoms with Crippen LogP contribution in [0.15, 0.2) is 33.5 Å². The minimum atomic E-state index is -0.450. The summed E-state index contributed by atoms with van der Waals surface area (Å²) in [5.74, 6) is 0.0591. The lowest BCUT2D eigenvalue weighted by Crippen LogP contribution is -1.98. The van der Waals surface area contributed by atoms with E-state index in [0.29, 0.717) is 10.8 Å². The number of esters is 1. The van der Waals surface area contributed by atoms with Crippen LogP contribution in [0.2, 0.25) is 5.15 Å². The van der Waals surface area contributed by atoms with Gasteiger partial charge in [0.05, 0.1) is 7.11 Å². The number of carbonyl (C=O) groups is 1. The molecule has 0 N–H and O–H groups in total. The molecule has 3 nitrogen and oxygen atoms in total. The number of benzene rings is 1. The molecule has 2 aromatic rings. The summed E-state index contributed by atoms with van der Waals surface area (Å²) in [5, 5.41) is 0.197. The number of nitrogens with zero attached hydrogens (tertiary/aromatic N) is 1. The van der Waals surface area contributed by atoms with Gasteiger partial charge in [0, 0.05) is 4.90 Å². The molecule has 0 spiro atoms. The fraction of sp³-hybridized carbons (Fsp3) is 0.286. The molecule has 0 unspecified atom stereocenters. The zero-order valence-corrected chi connectivity index (χ0v) is 13.7. The molecule has 0 bridgehead atoms. The normalized spacial score (nSPS) is 10.8. The second kappa shape index (κ2) is 6.61. The number of hydrogen-bond donors (Lipinski definition) is 0. The molecular formula is C14H14ClNO2S2. The van der Waals surface area contributed by atoms with Crippen LogP contribution in [0.1, 0.15) is 35.0 Å². The minimum Gasteiger partial charge on any atom is -0.465 e. The van der Waals surface area contributed by atoms with E-state index in [-0.39, 0.29) is 5.15 Å². The Morgan fingerprint density at radius 3 is 2.55 bits per heavy atom. The van der Waals surface area contributed by atoms with Crippen molar-refractivity contribution in [2.45, 2.75) is 29.0 Å². The molecule has 1 aromatic heterocycles. The molecule has 2 rings (SSSR count). The highest BCUT2D eigenvalue weighted by molar-refractivity contribution is 8.01. The van der Waals surface area contributed by atoms with Crippen molar-refractivity contribution in [3.63, 3.8) is 0 Å². The van der Waals surface area contributed by atoms with Crippen LogP contribution in [0.4, 0.5) is 0 Å². The van der Waals surface area contributed by atoms with Gasteiger partial charge in [-0.1, -0.05) is 60.7 Å². The Hall–Kier alpha value is -1.04. The number of hydrogen-bond acceptors (Lipinski definition) is 5. The van der Waals surface area contributed by atoms with E-state index in [4.69, 9.17) is 11.6 Å². The molecular weight excluding hydrogens is 314 g/mol. The van der Waals surface area contributed by atoms with Gasteiger partial charge in [-0.15, -0.1) is 0 Å². The van der Waals surface area contributed by atoms with Crippen LogP contribution in [-0.2, 0) is 4.74 Å². The van der Waals surface area contributed by atoms with Crippen LogP contribution in [-0.4, -0.2) is 18.1 Å². The van der Waals surface area contributed by atoms with E-state index in [1.54, 1.807) is 0 Å². The molecule has 0 aliphatic carbocycles. The Morgan fingerprint density at radius 2 is 2.00 bits per heavy atom. The maximum absolute atomic E-state index is 11.5. The van der Waals surface area contributed by atoms with Crippen LogP contribution in [0.5, 0.6) is 0 Å². The predicted octanol–water partition coefficient (Wildman–Crippen LogP) is 4.86. The number of aromatic nitrogens is 1. The molecule has 0 aliphatic heterocycles. The summed E-state index contributed by atoms with van der Waals surface area (Å²) in [6.45, 7) is 4.32. The Kier molecular flexibility index (Phi) is 5.07. The molecule has 0 saturated heterocycles. The van der Waals surface area contributed by atoms with Gasteiger partial charge in [-0.05, 0) is 23.6 Å². The van der Waals surface area contributed by atoms with Gasteiger partial charge in [0.2, 0.25) is 0 Å². The fourth-order valence-electron chi connectivity index (χ4n) is 1.57. The van der Waals surface area contributed by atoms with Crippen molar-refractivity contribution in [3.8, 4) is 0 Å². The van der Waals surface area contributed by atoms with Crippen LogP contribution in [0.3, 0.4) is 0 Å². The first-order chi connectivity index (χ1) is 9.51. The van der Waals surface area contributed by atoms with Crippen molar-refractivity contribution in [2.75, 3.05) is 7.11 Å². The molecule has 0 fully saturated rings. The van der Waals surface area contributed by atoms with Crippen LogP contribution >= 0.6 is 34.7 Å². The molecule has 0 radical (unpaired) electrons. The van der Waals surface area contributed by atoms with Gasteiger partial charge in [-0.3, -0.25) is 0 Å². The summed E-state index contributed by atoms with van der Waals surface area (Å²) in [7, 11) is 1.33. The summed E-state index contributed by atoms with van der Waals surface area (Å²) in [6, 6.07) is 8.30. The number of carbonyl (C=O) groups excluding carboxylic acids is 1. The highest BCUT2D eigenvalue weighted by Gasteiger charge is 2.17. The first-order valence-electron chi connectivity index (χ1n) is 6.03. The third-order valence-corrected chi connectivity index (χ3v) is 5.18. The quantitative estimate of drug-likeness (QED) is 0.752. The molecule has 20 heavy (non-hydrogen) atoms. The lowest BCUT2D eigenvalue weighted by Gasteiger charge is -2.05. The van der Waals surface area contributed by atoms with E-state index in [1.807, 2.05) is 12.1 Å². The van der Waals surface area contributed by atoms with Gasteiger partial charge in [0.25, 0.3) is 0 Å². The van der Waals surface area contributed by atoms with Gasteiger partial charge in [-0.2, -0.15) is 0 Å². The van der Waals surface area contributed by atoms with Gasteiger partial charge in [0.15, 0.2) is 14.4 Å². The second-order valence-electron chi connectivity index (χ2n) is 4.42. The maximum atomic E-state index is 11.5. The van der Waals surface area contributed by atoms with Gasteiger partial charge < -0.3 is 4.74 Å². The SMILES string of the molecule is COC(=O)c1sc(Sc2ccc(C(C)C)cc2)nc1Cl. The summed E-state index contributed by atoms with van der Waals surface area (Å²) < 4.78 is 5.39. The number of methoxy groups -OCH3 is 1. The number of halogens is 1. The van der Waals surface area contributed by atoms with Gasteiger partial charge in [0.1, 0.15) is 0 Å². The number of thiazole rings is 1. The van der Waals surface area contributed by atoms with Crippen molar-refractivity contribution in [1.82, 2.24) is 4.98 Å². The molecule has 1 heterocycles. The van der Waals surface area contributed by atoms with Gasteiger partial charge in [-0.25, -0.2) is 9.78 Å². The first kappa shape index (κ1) is 15.4. The van der Waals surface area contributed by atoms with Crippen LogP contribution in [0.25, 0.3) is 0 Å². The van der Waals surface area contributed by atoms with Gasteiger partial charge >= 0.3 is 5.97 Å². The van der Waals surface area contributed by atoms with E-state index in [1.165, 1.54) is 35.8 Å². The summed E-state index contributed by atoms with van der Waals surface area (Å²) in [5.41, 5.74) is 1.29. The average Bonchev–Trinajstić information content (AvgIpc) is 2.79. The smallest absolute Gasteiger partial charge is 0.351 e. The average molecular weight is 328 g/mol. The molecule has 1 aromatic carbocycles. The van der Waals surface area contributed by atoms with Crippen molar-refractivity contribution < 1.29 is 9.53 Å². The minimum absolute atomic E-state index is 0.197.